The Bertz CT molecular complexity index is 913. The van der Waals surface area contributed by atoms with Crippen molar-refractivity contribution < 1.29 is 14.6 Å². The van der Waals surface area contributed by atoms with Crippen LogP contribution in [0.1, 0.15) is 96.1 Å². The monoisotopic (exact) mass is 477 g/mol. The van der Waals surface area contributed by atoms with Gasteiger partial charge in [-0.15, -0.1) is 0 Å². The summed E-state index contributed by atoms with van der Waals surface area (Å²) in [7, 11) is 0. The molecule has 0 aliphatic heterocycles. The summed E-state index contributed by atoms with van der Waals surface area (Å²) in [6.07, 6.45) is 15.5. The molecule has 0 unspecified atom stereocenters. The quantitative estimate of drug-likeness (QED) is 0.141. The molecule has 0 amide bonds. The molecule has 0 saturated heterocycles. The van der Waals surface area contributed by atoms with Gasteiger partial charge in [-0.3, -0.25) is 4.99 Å². The Morgan fingerprint density at radius 2 is 1.49 bits per heavy atom. The van der Waals surface area contributed by atoms with Gasteiger partial charge in [-0.2, -0.15) is 0 Å². The maximum atomic E-state index is 11.5. The molecule has 0 saturated carbocycles. The van der Waals surface area contributed by atoms with E-state index in [1.54, 1.807) is 6.08 Å². The van der Waals surface area contributed by atoms with Crippen LogP contribution < -0.4 is 4.74 Å². The highest BCUT2D eigenvalue weighted by Gasteiger charge is 2.11. The van der Waals surface area contributed by atoms with E-state index in [4.69, 9.17) is 4.74 Å². The van der Waals surface area contributed by atoms with Gasteiger partial charge in [0, 0.05) is 11.8 Å². The highest BCUT2D eigenvalue weighted by molar-refractivity contribution is 5.92. The lowest BCUT2D eigenvalue weighted by Crippen LogP contribution is -2.05. The molecule has 0 heterocycles. The minimum absolute atomic E-state index is 0.350. The normalized spacial score (nSPS) is 12.7. The molecular weight excluding hydrogens is 434 g/mol. The summed E-state index contributed by atoms with van der Waals surface area (Å²) >= 11 is 0. The zero-order chi connectivity index (χ0) is 25.3. The fourth-order valence-electron chi connectivity index (χ4n) is 3.81. The summed E-state index contributed by atoms with van der Waals surface area (Å²) in [5, 5.41) is 9.48. The lowest BCUT2D eigenvalue weighted by Gasteiger charge is -2.09. The Morgan fingerprint density at radius 1 is 0.886 bits per heavy atom. The number of aliphatic carboxylic acids is 1. The Hall–Kier alpha value is -2.88. The van der Waals surface area contributed by atoms with Gasteiger partial charge >= 0.3 is 5.97 Å². The zero-order valence-corrected chi connectivity index (χ0v) is 21.8. The molecule has 4 heteroatoms. The first-order valence-corrected chi connectivity index (χ1v) is 13.3. The Kier molecular flexibility index (Phi) is 13.5. The van der Waals surface area contributed by atoms with E-state index in [9.17, 15) is 9.90 Å². The smallest absolute Gasteiger partial charge is 0.331 e. The number of ether oxygens (including phenoxy) is 1. The van der Waals surface area contributed by atoms with Crippen LogP contribution in [0.4, 0.5) is 5.69 Å². The van der Waals surface area contributed by atoms with Crippen molar-refractivity contribution in [2.45, 2.75) is 85.0 Å². The fraction of sp³-hybridized carbons (Fsp3) is 0.484. The highest BCUT2D eigenvalue weighted by Crippen LogP contribution is 2.20. The van der Waals surface area contributed by atoms with E-state index in [-0.39, 0.29) is 0 Å². The maximum Gasteiger partial charge on any atom is 0.331 e. The van der Waals surface area contributed by atoms with Crippen LogP contribution in [0, 0.1) is 5.92 Å². The Balaban J connectivity index is 1.78. The Labute approximate surface area is 212 Å². The standard InChI is InChI=1S/C31H43NO3/c1-4-6-7-8-9-10-11-12-21-35-30-19-15-27(16-20-30)24-32-29-17-13-26(14-18-29)23-28(31(33)34)22-25(3)5-2/h13-20,23-25H,4-12,21-22H2,1-3H3,(H,33,34)/t25-/m0/s1. The second-order valence-corrected chi connectivity index (χ2v) is 9.43. The number of hydrogen-bond acceptors (Lipinski definition) is 3. The van der Waals surface area contributed by atoms with Gasteiger partial charge in [0.2, 0.25) is 0 Å². The van der Waals surface area contributed by atoms with Crippen LogP contribution in [0.15, 0.2) is 59.1 Å². The van der Waals surface area contributed by atoms with Crippen molar-refractivity contribution in [2.75, 3.05) is 6.61 Å². The number of hydrogen-bond donors (Lipinski definition) is 1. The summed E-state index contributed by atoms with van der Waals surface area (Å²) in [5.74, 6) is 0.397. The molecule has 1 N–H and O–H groups in total. The van der Waals surface area contributed by atoms with Crippen molar-refractivity contribution in [1.29, 1.82) is 0 Å². The molecule has 2 aromatic carbocycles. The number of carbonyl (C=O) groups is 1. The molecule has 2 aromatic rings. The van der Waals surface area contributed by atoms with E-state index in [0.717, 1.165) is 42.0 Å². The van der Waals surface area contributed by atoms with Gasteiger partial charge in [-0.25, -0.2) is 4.79 Å². The van der Waals surface area contributed by atoms with Gasteiger partial charge < -0.3 is 9.84 Å². The molecule has 35 heavy (non-hydrogen) atoms. The van der Waals surface area contributed by atoms with Crippen molar-refractivity contribution in [3.05, 3.63) is 65.2 Å². The molecule has 0 spiro atoms. The lowest BCUT2D eigenvalue weighted by atomic mass is 9.97. The second kappa shape index (κ2) is 16.7. The number of nitrogens with zero attached hydrogens (tertiary/aromatic N) is 1. The van der Waals surface area contributed by atoms with E-state index in [1.807, 2.05) is 54.7 Å². The first kappa shape index (κ1) is 28.4. The minimum atomic E-state index is -0.849. The number of unbranched alkanes of at least 4 members (excludes halogenated alkanes) is 7. The highest BCUT2D eigenvalue weighted by atomic mass is 16.5. The van der Waals surface area contributed by atoms with Crippen molar-refractivity contribution in [1.82, 2.24) is 0 Å². The van der Waals surface area contributed by atoms with Crippen LogP contribution in [0.5, 0.6) is 5.75 Å². The van der Waals surface area contributed by atoms with Crippen LogP contribution in [0.25, 0.3) is 6.08 Å². The van der Waals surface area contributed by atoms with Gasteiger partial charge in [-0.1, -0.05) is 84.3 Å². The largest absolute Gasteiger partial charge is 0.494 e. The first-order valence-electron chi connectivity index (χ1n) is 13.3. The predicted molar refractivity (Wildman–Crippen MR) is 148 cm³/mol. The van der Waals surface area contributed by atoms with Crippen molar-refractivity contribution in [3.8, 4) is 5.75 Å². The van der Waals surface area contributed by atoms with Crippen LogP contribution in [-0.2, 0) is 4.79 Å². The van der Waals surface area contributed by atoms with Gasteiger partial charge in [0.25, 0.3) is 0 Å². The van der Waals surface area contributed by atoms with E-state index in [0.29, 0.717) is 17.9 Å². The molecular formula is C31H43NO3. The van der Waals surface area contributed by atoms with Crippen LogP contribution in [-0.4, -0.2) is 23.9 Å². The molecule has 0 aliphatic carbocycles. The third kappa shape index (κ3) is 11.9. The molecule has 1 atom stereocenters. The van der Waals surface area contributed by atoms with Crippen LogP contribution in [0.2, 0.25) is 0 Å². The molecule has 2 rings (SSSR count). The van der Waals surface area contributed by atoms with E-state index in [1.165, 1.54) is 44.9 Å². The third-order valence-electron chi connectivity index (χ3n) is 6.28. The van der Waals surface area contributed by atoms with Gasteiger partial charge in [-0.05, 0) is 72.4 Å². The number of rotatable bonds is 17. The SMILES string of the molecule is CCCCCCCCCCOc1ccc(C=Nc2ccc(C=C(C[C@@H](C)CC)C(=O)O)cc2)cc1. The predicted octanol–water partition coefficient (Wildman–Crippen LogP) is 8.86. The van der Waals surface area contributed by atoms with Gasteiger partial charge in [0.15, 0.2) is 0 Å². The summed E-state index contributed by atoms with van der Waals surface area (Å²) in [6.45, 7) is 7.17. The maximum absolute atomic E-state index is 11.5. The Morgan fingerprint density at radius 3 is 2.09 bits per heavy atom. The van der Waals surface area contributed by atoms with E-state index < -0.39 is 5.97 Å². The van der Waals surface area contributed by atoms with Crippen molar-refractivity contribution in [2.24, 2.45) is 10.9 Å². The summed E-state index contributed by atoms with van der Waals surface area (Å²) in [5.41, 5.74) is 3.16. The van der Waals surface area contributed by atoms with E-state index in [2.05, 4.69) is 25.8 Å². The van der Waals surface area contributed by atoms with Crippen LogP contribution >= 0.6 is 0 Å². The summed E-state index contributed by atoms with van der Waals surface area (Å²) < 4.78 is 5.87. The molecule has 0 aromatic heterocycles. The summed E-state index contributed by atoms with van der Waals surface area (Å²) in [4.78, 5) is 16.1. The van der Waals surface area contributed by atoms with E-state index >= 15 is 0 Å². The number of benzene rings is 2. The molecule has 0 bridgehead atoms. The number of aliphatic imine (C=N–C) groups is 1. The zero-order valence-electron chi connectivity index (χ0n) is 21.8. The first-order chi connectivity index (χ1) is 17.0. The van der Waals surface area contributed by atoms with Gasteiger partial charge in [0.05, 0.1) is 12.3 Å². The average molecular weight is 478 g/mol. The number of carboxylic acid groups (broad SMARTS) is 1. The topological polar surface area (TPSA) is 58.9 Å². The molecule has 4 nitrogen and oxygen atoms in total. The van der Waals surface area contributed by atoms with Crippen LogP contribution in [0.3, 0.4) is 0 Å². The molecule has 0 fully saturated rings. The lowest BCUT2D eigenvalue weighted by molar-refractivity contribution is -0.132. The fourth-order valence-corrected chi connectivity index (χ4v) is 3.81. The summed E-state index contributed by atoms with van der Waals surface area (Å²) in [6, 6.07) is 15.6. The third-order valence-corrected chi connectivity index (χ3v) is 6.28. The van der Waals surface area contributed by atoms with Crippen molar-refractivity contribution in [3.63, 3.8) is 0 Å². The average Bonchev–Trinajstić information content (AvgIpc) is 2.87. The van der Waals surface area contributed by atoms with Crippen molar-refractivity contribution >= 4 is 23.9 Å². The minimum Gasteiger partial charge on any atom is -0.494 e. The van der Waals surface area contributed by atoms with Gasteiger partial charge in [0.1, 0.15) is 5.75 Å². The molecule has 0 aliphatic rings. The molecule has 0 radical (unpaired) electrons. The second-order valence-electron chi connectivity index (χ2n) is 9.43. The molecule has 190 valence electrons. The number of carboxylic acids is 1.